The summed E-state index contributed by atoms with van der Waals surface area (Å²) in [6.07, 6.45) is -11.0. The standard InChI is InChI=1S/C30H29ClF7N5O3/c1-2-45-26(44)22-14-28(15-40-22)7-9-43(10-8-28)23-13-24(42-27(39)41-23)46-25(30(36,37)38)18-5-4-17(31)12-19(18)16-3-6-21(32)20(11-16)29(33,34)35/h3-6,11-13,22,25,40H,2,7-10,14-15H2,1H3,(H2,39,41,42)/t22-,25+/m0/s1. The van der Waals surface area contributed by atoms with E-state index in [0.717, 1.165) is 24.3 Å². The van der Waals surface area contributed by atoms with Crippen molar-refractivity contribution in [3.05, 3.63) is 64.4 Å². The first kappa shape index (κ1) is 33.5. The van der Waals surface area contributed by atoms with Gasteiger partial charge < -0.3 is 25.4 Å². The molecule has 3 heterocycles. The number of alkyl halides is 6. The molecule has 46 heavy (non-hydrogen) atoms. The summed E-state index contributed by atoms with van der Waals surface area (Å²) < 4.78 is 108. The van der Waals surface area contributed by atoms with Gasteiger partial charge in [-0.15, -0.1) is 0 Å². The van der Waals surface area contributed by atoms with Crippen molar-refractivity contribution in [2.45, 2.75) is 50.7 Å². The van der Waals surface area contributed by atoms with Crippen LogP contribution in [0.5, 0.6) is 5.88 Å². The summed E-state index contributed by atoms with van der Waals surface area (Å²) in [4.78, 5) is 22.0. The Balaban J connectivity index is 1.41. The summed E-state index contributed by atoms with van der Waals surface area (Å²) in [6, 6.07) is 5.80. The number of aromatic nitrogens is 2. The second-order valence-electron chi connectivity index (χ2n) is 11.3. The molecule has 2 aliphatic rings. The number of hydrogen-bond donors (Lipinski definition) is 2. The van der Waals surface area contributed by atoms with Crippen LogP contribution in [0.1, 0.15) is 43.4 Å². The van der Waals surface area contributed by atoms with Gasteiger partial charge in [0.1, 0.15) is 17.7 Å². The highest BCUT2D eigenvalue weighted by Crippen LogP contribution is 2.44. The molecule has 0 unspecified atom stereocenters. The molecule has 0 saturated carbocycles. The Kier molecular flexibility index (Phi) is 9.28. The second-order valence-corrected chi connectivity index (χ2v) is 11.7. The number of rotatable bonds is 7. The zero-order valence-corrected chi connectivity index (χ0v) is 25.1. The average molecular weight is 676 g/mol. The van der Waals surface area contributed by atoms with Crippen LogP contribution in [0.25, 0.3) is 11.1 Å². The Morgan fingerprint density at radius 1 is 1.11 bits per heavy atom. The molecule has 1 aromatic heterocycles. The van der Waals surface area contributed by atoms with Crippen LogP contribution in [-0.2, 0) is 15.7 Å². The fourth-order valence-electron chi connectivity index (χ4n) is 5.91. The number of hydrogen-bond acceptors (Lipinski definition) is 8. The monoisotopic (exact) mass is 675 g/mol. The summed E-state index contributed by atoms with van der Waals surface area (Å²) >= 11 is 6.03. The lowest BCUT2D eigenvalue weighted by Gasteiger charge is -2.39. The molecular formula is C30H29ClF7N5O3. The van der Waals surface area contributed by atoms with Crippen LogP contribution in [0, 0.1) is 11.2 Å². The third-order valence-electron chi connectivity index (χ3n) is 8.20. The fourth-order valence-corrected chi connectivity index (χ4v) is 6.09. The smallest absolute Gasteiger partial charge is 0.429 e. The third kappa shape index (κ3) is 7.25. The van der Waals surface area contributed by atoms with E-state index in [0.29, 0.717) is 51.0 Å². The van der Waals surface area contributed by atoms with E-state index in [2.05, 4.69) is 15.3 Å². The summed E-state index contributed by atoms with van der Waals surface area (Å²) in [5.41, 5.74) is 2.76. The number of piperidine rings is 1. The highest BCUT2D eigenvalue weighted by molar-refractivity contribution is 6.30. The van der Waals surface area contributed by atoms with Crippen molar-refractivity contribution in [2.75, 3.05) is 36.9 Å². The maximum Gasteiger partial charge on any atom is 0.429 e. The largest absolute Gasteiger partial charge is 0.465 e. The van der Waals surface area contributed by atoms with Gasteiger partial charge in [-0.2, -0.15) is 36.3 Å². The Morgan fingerprint density at radius 3 is 2.48 bits per heavy atom. The minimum Gasteiger partial charge on any atom is -0.465 e. The van der Waals surface area contributed by atoms with Gasteiger partial charge in [0.15, 0.2) is 0 Å². The average Bonchev–Trinajstić information content (AvgIpc) is 3.39. The van der Waals surface area contributed by atoms with Crippen molar-refractivity contribution >= 4 is 29.3 Å². The second kappa shape index (κ2) is 12.7. The predicted octanol–water partition coefficient (Wildman–Crippen LogP) is 6.73. The van der Waals surface area contributed by atoms with Gasteiger partial charge in [0.25, 0.3) is 0 Å². The number of esters is 1. The number of nitrogen functional groups attached to an aromatic ring is 1. The number of nitrogens with two attached hydrogens (primary N) is 1. The Morgan fingerprint density at radius 2 is 1.83 bits per heavy atom. The Hall–Kier alpha value is -3.85. The number of benzene rings is 2. The summed E-state index contributed by atoms with van der Waals surface area (Å²) in [5, 5.41) is 3.14. The normalized spacial score (nSPS) is 18.9. The van der Waals surface area contributed by atoms with Gasteiger partial charge in [0.05, 0.1) is 12.2 Å². The van der Waals surface area contributed by atoms with E-state index in [9.17, 15) is 35.5 Å². The molecule has 0 aliphatic carbocycles. The summed E-state index contributed by atoms with van der Waals surface area (Å²) in [7, 11) is 0. The van der Waals surface area contributed by atoms with Crippen LogP contribution in [-0.4, -0.2) is 54.4 Å². The minimum atomic E-state index is -5.10. The molecule has 8 nitrogen and oxygen atoms in total. The highest BCUT2D eigenvalue weighted by atomic mass is 35.5. The van der Waals surface area contributed by atoms with Crippen LogP contribution in [0.3, 0.4) is 0 Å². The highest BCUT2D eigenvalue weighted by Gasteiger charge is 2.46. The van der Waals surface area contributed by atoms with Crippen LogP contribution in [0.4, 0.5) is 42.5 Å². The molecule has 2 atom stereocenters. The number of ether oxygens (including phenoxy) is 2. The predicted molar refractivity (Wildman–Crippen MR) is 155 cm³/mol. The number of anilines is 2. The Labute approximate surface area is 264 Å². The minimum absolute atomic E-state index is 0.0694. The third-order valence-corrected chi connectivity index (χ3v) is 8.44. The van der Waals surface area contributed by atoms with Gasteiger partial charge in [-0.05, 0) is 67.0 Å². The first-order valence-electron chi connectivity index (χ1n) is 14.3. The van der Waals surface area contributed by atoms with E-state index in [1.165, 1.54) is 6.07 Å². The molecule has 2 aliphatic heterocycles. The van der Waals surface area contributed by atoms with E-state index in [1.807, 2.05) is 4.90 Å². The van der Waals surface area contributed by atoms with E-state index in [4.69, 9.17) is 26.8 Å². The van der Waals surface area contributed by atoms with Crippen molar-refractivity contribution in [3.63, 3.8) is 0 Å². The van der Waals surface area contributed by atoms with Crippen LogP contribution in [0.2, 0.25) is 5.02 Å². The molecule has 3 aromatic rings. The van der Waals surface area contributed by atoms with E-state index < -0.39 is 47.3 Å². The maximum atomic E-state index is 14.6. The lowest BCUT2D eigenvalue weighted by Crippen LogP contribution is -2.41. The van der Waals surface area contributed by atoms with Gasteiger partial charge in [0.2, 0.25) is 17.9 Å². The van der Waals surface area contributed by atoms with E-state index >= 15 is 0 Å². The molecule has 2 fully saturated rings. The SMILES string of the molecule is CCOC(=O)[C@@H]1CC2(CCN(c3cc(O[C@H](c4ccc(Cl)cc4-c4ccc(F)c(C(F)(F)F)c4)C(F)(F)F)nc(N)n3)CC2)CN1. The van der Waals surface area contributed by atoms with Gasteiger partial charge in [-0.25, -0.2) is 4.39 Å². The van der Waals surface area contributed by atoms with Crippen molar-refractivity contribution in [1.82, 2.24) is 15.3 Å². The van der Waals surface area contributed by atoms with Crippen LogP contribution in [0.15, 0.2) is 42.5 Å². The molecule has 16 heteroatoms. The van der Waals surface area contributed by atoms with Gasteiger partial charge in [0, 0.05) is 36.3 Å². The lowest BCUT2D eigenvalue weighted by atomic mass is 9.76. The molecule has 5 rings (SSSR count). The zero-order valence-electron chi connectivity index (χ0n) is 24.3. The molecule has 2 saturated heterocycles. The topological polar surface area (TPSA) is 103 Å². The number of nitrogens with one attached hydrogen (secondary N) is 1. The molecule has 2 aromatic carbocycles. The van der Waals surface area contributed by atoms with E-state index in [-0.39, 0.29) is 45.9 Å². The number of carbonyl (C=O) groups excluding carboxylic acids is 1. The molecule has 1 spiro atoms. The van der Waals surface area contributed by atoms with Gasteiger partial charge in [-0.3, -0.25) is 4.79 Å². The maximum absolute atomic E-state index is 14.6. The number of nitrogens with zero attached hydrogens (tertiary/aromatic N) is 3. The summed E-state index contributed by atoms with van der Waals surface area (Å²) in [5.74, 6) is -2.56. The lowest BCUT2D eigenvalue weighted by molar-refractivity contribution is -0.198. The molecular weight excluding hydrogens is 647 g/mol. The quantitative estimate of drug-likeness (QED) is 0.210. The molecule has 0 radical (unpaired) electrons. The number of carbonyl (C=O) groups is 1. The first-order valence-corrected chi connectivity index (χ1v) is 14.7. The molecule has 3 N–H and O–H groups in total. The van der Waals surface area contributed by atoms with Crippen LogP contribution < -0.4 is 20.7 Å². The molecule has 0 amide bonds. The van der Waals surface area contributed by atoms with Crippen molar-refractivity contribution in [3.8, 4) is 17.0 Å². The fraction of sp³-hybridized carbons (Fsp3) is 0.433. The van der Waals surface area contributed by atoms with Crippen molar-refractivity contribution in [2.24, 2.45) is 5.41 Å². The van der Waals surface area contributed by atoms with Gasteiger partial charge >= 0.3 is 18.3 Å². The van der Waals surface area contributed by atoms with Crippen LogP contribution >= 0.6 is 11.6 Å². The summed E-state index contributed by atoms with van der Waals surface area (Å²) in [6.45, 7) is 3.54. The molecule has 0 bridgehead atoms. The van der Waals surface area contributed by atoms with E-state index in [1.54, 1.807) is 6.92 Å². The van der Waals surface area contributed by atoms with Crippen molar-refractivity contribution < 1.29 is 45.0 Å². The van der Waals surface area contributed by atoms with Crippen molar-refractivity contribution in [1.29, 1.82) is 0 Å². The first-order chi connectivity index (χ1) is 21.6. The zero-order chi connectivity index (χ0) is 33.4. The number of halogens is 8. The Bertz CT molecular complexity index is 1600. The van der Waals surface area contributed by atoms with Gasteiger partial charge in [-0.1, -0.05) is 23.7 Å². The molecule has 248 valence electrons.